The third kappa shape index (κ3) is 2.10. The highest BCUT2D eigenvalue weighted by molar-refractivity contribution is 6.20. The van der Waals surface area contributed by atoms with Crippen LogP contribution in [0.4, 0.5) is 0 Å². The average molecular weight is 266 g/mol. The Morgan fingerprint density at radius 1 is 1.28 bits per heavy atom. The minimum atomic E-state index is 0.332. The van der Waals surface area contributed by atoms with Crippen molar-refractivity contribution < 1.29 is 0 Å². The minimum absolute atomic E-state index is 0.332. The lowest BCUT2D eigenvalue weighted by molar-refractivity contribution is 0.252. The minimum Gasteiger partial charge on any atom is -0.328 e. The molecule has 98 valence electrons. The summed E-state index contributed by atoms with van der Waals surface area (Å²) < 4.78 is 0. The molecule has 3 rings (SSSR count). The number of hydrogen-bond acceptors (Lipinski definition) is 3. The predicted octanol–water partition coefficient (Wildman–Crippen LogP) is 2.28. The lowest BCUT2D eigenvalue weighted by Crippen LogP contribution is -2.45. The van der Waals surface area contributed by atoms with E-state index in [1.54, 1.807) is 0 Å². The first-order valence-corrected chi connectivity index (χ1v) is 7.28. The Morgan fingerprint density at radius 2 is 2.06 bits per heavy atom. The second kappa shape index (κ2) is 5.06. The number of aliphatic imine (C=N–C) groups is 1. The van der Waals surface area contributed by atoms with Crippen molar-refractivity contribution in [1.82, 2.24) is 4.90 Å². The van der Waals surface area contributed by atoms with Crippen molar-refractivity contribution in [2.24, 2.45) is 16.6 Å². The monoisotopic (exact) mass is 265 g/mol. The van der Waals surface area contributed by atoms with E-state index in [2.05, 4.69) is 23.3 Å². The number of alkyl halides is 1. The number of rotatable bonds is 2. The van der Waals surface area contributed by atoms with Crippen LogP contribution >= 0.6 is 11.6 Å². The molecule has 0 amide bonds. The summed E-state index contributed by atoms with van der Waals surface area (Å²) in [7, 11) is 0. The fraction of sp³-hybridized carbons (Fsp3) is 0.643. The summed E-state index contributed by atoms with van der Waals surface area (Å²) in [6.45, 7) is 0.663. The largest absolute Gasteiger partial charge is 0.328 e. The lowest BCUT2D eigenvalue weighted by Gasteiger charge is -2.33. The first-order chi connectivity index (χ1) is 8.79. The third-order valence-corrected chi connectivity index (χ3v) is 4.76. The van der Waals surface area contributed by atoms with Crippen molar-refractivity contribution in [2.75, 3.05) is 6.54 Å². The molecule has 1 aliphatic carbocycles. The van der Waals surface area contributed by atoms with Gasteiger partial charge in [-0.05, 0) is 43.8 Å². The van der Waals surface area contributed by atoms with Crippen molar-refractivity contribution in [2.45, 2.75) is 43.1 Å². The van der Waals surface area contributed by atoms with Gasteiger partial charge in [-0.3, -0.25) is 4.99 Å². The standard InChI is InChI=1S/C14H20ClN3/c15-11-6-4-10(5-7-11)14-12(9-16)18-8-2-1-3-13(18)17-14/h1-3,8,10-12,14H,4-7,9,16H2. The number of amidine groups is 1. The molecule has 2 N–H and O–H groups in total. The lowest BCUT2D eigenvalue weighted by atomic mass is 9.81. The molecule has 18 heavy (non-hydrogen) atoms. The van der Waals surface area contributed by atoms with Gasteiger partial charge in [-0.15, -0.1) is 11.6 Å². The van der Waals surface area contributed by atoms with Crippen molar-refractivity contribution in [3.05, 3.63) is 24.4 Å². The van der Waals surface area contributed by atoms with E-state index in [0.717, 1.165) is 18.7 Å². The molecule has 0 aromatic heterocycles. The number of hydrogen-bond donors (Lipinski definition) is 1. The zero-order chi connectivity index (χ0) is 12.5. The van der Waals surface area contributed by atoms with Gasteiger partial charge in [0.05, 0.1) is 12.1 Å². The summed E-state index contributed by atoms with van der Waals surface area (Å²) >= 11 is 6.19. The summed E-state index contributed by atoms with van der Waals surface area (Å²) in [6, 6.07) is 0.680. The van der Waals surface area contributed by atoms with Crippen molar-refractivity contribution in [3.8, 4) is 0 Å². The summed E-state index contributed by atoms with van der Waals surface area (Å²) in [5, 5.41) is 0.369. The van der Waals surface area contributed by atoms with Gasteiger partial charge in [0, 0.05) is 18.1 Å². The fourth-order valence-corrected chi connectivity index (χ4v) is 3.58. The van der Waals surface area contributed by atoms with E-state index in [1.165, 1.54) is 12.8 Å². The van der Waals surface area contributed by atoms with Crippen molar-refractivity contribution in [3.63, 3.8) is 0 Å². The van der Waals surface area contributed by atoms with Crippen LogP contribution in [0.5, 0.6) is 0 Å². The Kier molecular flexibility index (Phi) is 3.44. The van der Waals surface area contributed by atoms with Crippen LogP contribution in [-0.2, 0) is 0 Å². The molecule has 4 heteroatoms. The van der Waals surface area contributed by atoms with E-state index < -0.39 is 0 Å². The van der Waals surface area contributed by atoms with Gasteiger partial charge in [-0.25, -0.2) is 0 Å². The second-order valence-corrected chi connectivity index (χ2v) is 6.02. The average Bonchev–Trinajstić information content (AvgIpc) is 2.78. The molecule has 3 nitrogen and oxygen atoms in total. The maximum atomic E-state index is 6.19. The molecule has 2 atom stereocenters. The maximum absolute atomic E-state index is 6.19. The van der Waals surface area contributed by atoms with E-state index in [9.17, 15) is 0 Å². The van der Waals surface area contributed by atoms with E-state index in [-0.39, 0.29) is 0 Å². The molecule has 0 radical (unpaired) electrons. The molecule has 2 heterocycles. The van der Waals surface area contributed by atoms with E-state index >= 15 is 0 Å². The van der Waals surface area contributed by atoms with Gasteiger partial charge in [0.15, 0.2) is 0 Å². The molecule has 1 fully saturated rings. The third-order valence-electron chi connectivity index (χ3n) is 4.33. The SMILES string of the molecule is NCC1C(C2CCC(Cl)CC2)N=C2C=CC=CN21. The van der Waals surface area contributed by atoms with Gasteiger partial charge in [0.25, 0.3) is 0 Å². The molecule has 2 aliphatic heterocycles. The maximum Gasteiger partial charge on any atom is 0.128 e. The first kappa shape index (κ1) is 12.2. The smallest absolute Gasteiger partial charge is 0.128 e. The highest BCUT2D eigenvalue weighted by atomic mass is 35.5. The molecule has 0 bridgehead atoms. The number of fused-ring (bicyclic) bond motifs is 1. The molecule has 0 saturated heterocycles. The van der Waals surface area contributed by atoms with Gasteiger partial charge in [-0.1, -0.05) is 6.08 Å². The number of halogens is 1. The van der Waals surface area contributed by atoms with Crippen LogP contribution in [0.2, 0.25) is 0 Å². The predicted molar refractivity (Wildman–Crippen MR) is 75.8 cm³/mol. The summed E-state index contributed by atoms with van der Waals surface area (Å²) in [6.07, 6.45) is 12.9. The van der Waals surface area contributed by atoms with Crippen LogP contribution in [0, 0.1) is 5.92 Å². The van der Waals surface area contributed by atoms with Crippen LogP contribution in [0.1, 0.15) is 25.7 Å². The Bertz CT molecular complexity index is 394. The van der Waals surface area contributed by atoms with E-state index in [1.807, 2.05) is 6.08 Å². The van der Waals surface area contributed by atoms with Gasteiger partial charge < -0.3 is 10.6 Å². The highest BCUT2D eigenvalue weighted by Crippen LogP contribution is 2.36. The molecular weight excluding hydrogens is 246 g/mol. The van der Waals surface area contributed by atoms with Gasteiger partial charge in [0.1, 0.15) is 5.84 Å². The van der Waals surface area contributed by atoms with Crippen molar-refractivity contribution >= 4 is 17.4 Å². The molecule has 0 aromatic rings. The molecule has 1 saturated carbocycles. The summed E-state index contributed by atoms with van der Waals surface area (Å²) in [4.78, 5) is 7.13. The molecule has 0 aromatic carbocycles. The van der Waals surface area contributed by atoms with Gasteiger partial charge in [-0.2, -0.15) is 0 Å². The topological polar surface area (TPSA) is 41.6 Å². The van der Waals surface area contributed by atoms with Crippen LogP contribution in [0.3, 0.4) is 0 Å². The Balaban J connectivity index is 1.77. The van der Waals surface area contributed by atoms with Gasteiger partial charge in [0.2, 0.25) is 0 Å². The quantitative estimate of drug-likeness (QED) is 0.779. The Morgan fingerprint density at radius 3 is 2.78 bits per heavy atom. The van der Waals surface area contributed by atoms with Crippen LogP contribution in [-0.4, -0.2) is 34.7 Å². The fourth-order valence-electron chi connectivity index (χ4n) is 3.33. The zero-order valence-electron chi connectivity index (χ0n) is 10.5. The van der Waals surface area contributed by atoms with Crippen LogP contribution < -0.4 is 5.73 Å². The molecule has 3 aliphatic rings. The number of allylic oxidation sites excluding steroid dienone is 2. The molecule has 0 spiro atoms. The Labute approximate surface area is 113 Å². The summed E-state index contributed by atoms with van der Waals surface area (Å²) in [5.74, 6) is 1.72. The van der Waals surface area contributed by atoms with Gasteiger partial charge >= 0.3 is 0 Å². The van der Waals surface area contributed by atoms with E-state index in [4.69, 9.17) is 22.3 Å². The second-order valence-electron chi connectivity index (χ2n) is 5.40. The number of nitrogens with two attached hydrogens (primary N) is 1. The van der Waals surface area contributed by atoms with E-state index in [0.29, 0.717) is 29.9 Å². The first-order valence-electron chi connectivity index (χ1n) is 6.84. The summed E-state index contributed by atoms with van der Waals surface area (Å²) in [5.41, 5.74) is 5.97. The van der Waals surface area contributed by atoms with Crippen LogP contribution in [0.15, 0.2) is 29.4 Å². The van der Waals surface area contributed by atoms with Crippen molar-refractivity contribution in [1.29, 1.82) is 0 Å². The molecule has 2 unspecified atom stereocenters. The number of nitrogens with zero attached hydrogens (tertiary/aromatic N) is 2. The molecular formula is C14H20ClN3. The highest BCUT2D eigenvalue weighted by Gasteiger charge is 2.39. The zero-order valence-corrected chi connectivity index (χ0v) is 11.3. The van der Waals surface area contributed by atoms with Crippen LogP contribution in [0.25, 0.3) is 0 Å². The normalized spacial score (nSPS) is 38.8. The Hall–Kier alpha value is -0.800.